The number of nitrogens with one attached hydrogen (secondary N) is 2. The molecule has 0 bridgehead atoms. The smallest absolute Gasteiger partial charge is 0.302 e. The lowest BCUT2D eigenvalue weighted by atomic mass is 10.2. The first kappa shape index (κ1) is 17.7. The van der Waals surface area contributed by atoms with Crippen molar-refractivity contribution in [2.75, 3.05) is 5.32 Å². The predicted octanol–water partition coefficient (Wildman–Crippen LogP) is 2.44. The van der Waals surface area contributed by atoms with Crippen LogP contribution in [-0.4, -0.2) is 20.4 Å². The molecule has 140 valence electrons. The standard InChI is InChI=1S/C19H20N4O3S/c24-16(21-18-20-13-7-2-1-3-9-15(13)27-18)10-11-23-14-8-5-4-6-12(14)17(25)22-19(23)26/h4-6,8H,1-3,7,9-11H2,(H,20,21,24)(H,22,25,26). The van der Waals surface area contributed by atoms with Gasteiger partial charge in [-0.25, -0.2) is 9.78 Å². The first-order chi connectivity index (χ1) is 13.1. The van der Waals surface area contributed by atoms with Crippen LogP contribution in [0.1, 0.15) is 36.3 Å². The van der Waals surface area contributed by atoms with Gasteiger partial charge in [0.15, 0.2) is 5.13 Å². The van der Waals surface area contributed by atoms with Crippen molar-refractivity contribution in [2.45, 2.75) is 45.1 Å². The van der Waals surface area contributed by atoms with Crippen LogP contribution >= 0.6 is 11.3 Å². The number of benzene rings is 1. The lowest BCUT2D eigenvalue weighted by Crippen LogP contribution is -2.31. The minimum atomic E-state index is -0.507. The largest absolute Gasteiger partial charge is 0.328 e. The fraction of sp³-hybridized carbons (Fsp3) is 0.368. The first-order valence-corrected chi connectivity index (χ1v) is 9.94. The van der Waals surface area contributed by atoms with Crippen LogP contribution in [0.5, 0.6) is 0 Å². The van der Waals surface area contributed by atoms with E-state index in [2.05, 4.69) is 15.3 Å². The Morgan fingerprint density at radius 2 is 2.00 bits per heavy atom. The summed E-state index contributed by atoms with van der Waals surface area (Å²) in [6.07, 6.45) is 5.67. The number of hydrogen-bond acceptors (Lipinski definition) is 5. The van der Waals surface area contributed by atoms with E-state index < -0.39 is 11.2 Å². The highest BCUT2D eigenvalue weighted by Gasteiger charge is 2.16. The van der Waals surface area contributed by atoms with Crippen molar-refractivity contribution in [3.63, 3.8) is 0 Å². The van der Waals surface area contributed by atoms with Crippen molar-refractivity contribution in [1.82, 2.24) is 14.5 Å². The summed E-state index contributed by atoms with van der Waals surface area (Å²) in [5.41, 5.74) is 0.712. The molecule has 7 nitrogen and oxygen atoms in total. The summed E-state index contributed by atoms with van der Waals surface area (Å²) in [5.74, 6) is -0.193. The molecular formula is C19H20N4O3S. The van der Waals surface area contributed by atoms with Gasteiger partial charge in [0.1, 0.15) is 0 Å². The van der Waals surface area contributed by atoms with E-state index in [0.717, 1.165) is 25.0 Å². The third-order valence-corrected chi connectivity index (χ3v) is 5.88. The number of rotatable bonds is 4. The Morgan fingerprint density at radius 1 is 1.19 bits per heavy atom. The summed E-state index contributed by atoms with van der Waals surface area (Å²) in [5, 5.41) is 3.91. The molecule has 1 aliphatic rings. The number of thiazole rings is 1. The normalized spacial score (nSPS) is 13.9. The molecule has 0 fully saturated rings. The zero-order chi connectivity index (χ0) is 18.8. The fourth-order valence-electron chi connectivity index (χ4n) is 3.44. The van der Waals surface area contributed by atoms with Gasteiger partial charge in [0.05, 0.1) is 16.6 Å². The van der Waals surface area contributed by atoms with Gasteiger partial charge in [-0.1, -0.05) is 18.6 Å². The van der Waals surface area contributed by atoms with E-state index in [0.29, 0.717) is 16.0 Å². The molecule has 0 atom stereocenters. The number of carbonyl (C=O) groups is 1. The number of aryl methyl sites for hydroxylation is 3. The zero-order valence-corrected chi connectivity index (χ0v) is 15.6. The van der Waals surface area contributed by atoms with Crippen LogP contribution in [0, 0.1) is 0 Å². The summed E-state index contributed by atoms with van der Waals surface area (Å²) in [6, 6.07) is 6.88. The maximum absolute atomic E-state index is 12.3. The van der Waals surface area contributed by atoms with Crippen LogP contribution in [0.3, 0.4) is 0 Å². The SMILES string of the molecule is O=C(CCn1c(=O)[nH]c(=O)c2ccccc21)Nc1nc2c(s1)CCCCC2. The van der Waals surface area contributed by atoms with Crippen LogP contribution in [0.25, 0.3) is 10.9 Å². The number of carbonyl (C=O) groups excluding carboxylic acids is 1. The van der Waals surface area contributed by atoms with Crippen molar-refractivity contribution >= 4 is 33.3 Å². The summed E-state index contributed by atoms with van der Waals surface area (Å²) in [6.45, 7) is 0.188. The molecular weight excluding hydrogens is 364 g/mol. The van der Waals surface area contributed by atoms with Gasteiger partial charge in [0.25, 0.3) is 5.56 Å². The molecule has 3 aromatic rings. The first-order valence-electron chi connectivity index (χ1n) is 9.12. The minimum absolute atomic E-state index is 0.125. The van der Waals surface area contributed by atoms with E-state index >= 15 is 0 Å². The third kappa shape index (κ3) is 3.71. The number of nitrogens with zero attached hydrogens (tertiary/aromatic N) is 2. The number of amides is 1. The van der Waals surface area contributed by atoms with Gasteiger partial charge in [0, 0.05) is 17.8 Å². The van der Waals surface area contributed by atoms with Crippen molar-refractivity contribution in [3.05, 3.63) is 55.7 Å². The number of anilines is 1. The Hall–Kier alpha value is -2.74. The highest BCUT2D eigenvalue weighted by atomic mass is 32.1. The topological polar surface area (TPSA) is 96.9 Å². The van der Waals surface area contributed by atoms with Gasteiger partial charge < -0.3 is 5.32 Å². The molecule has 1 aromatic carbocycles. The maximum Gasteiger partial charge on any atom is 0.328 e. The zero-order valence-electron chi connectivity index (χ0n) is 14.8. The number of hydrogen-bond donors (Lipinski definition) is 2. The highest BCUT2D eigenvalue weighted by Crippen LogP contribution is 2.28. The summed E-state index contributed by atoms with van der Waals surface area (Å²) in [7, 11) is 0. The summed E-state index contributed by atoms with van der Waals surface area (Å²) < 4.78 is 1.42. The van der Waals surface area contributed by atoms with E-state index in [1.54, 1.807) is 35.6 Å². The van der Waals surface area contributed by atoms with Crippen LogP contribution < -0.4 is 16.6 Å². The van der Waals surface area contributed by atoms with Crippen LogP contribution in [-0.2, 0) is 24.2 Å². The molecule has 0 saturated carbocycles. The van der Waals surface area contributed by atoms with E-state index in [1.807, 2.05) is 0 Å². The lowest BCUT2D eigenvalue weighted by molar-refractivity contribution is -0.116. The van der Waals surface area contributed by atoms with Gasteiger partial charge >= 0.3 is 5.69 Å². The molecule has 27 heavy (non-hydrogen) atoms. The Bertz CT molecular complexity index is 1090. The van der Waals surface area contributed by atoms with Crippen LogP contribution in [0.15, 0.2) is 33.9 Å². The molecule has 0 aliphatic heterocycles. The predicted molar refractivity (Wildman–Crippen MR) is 105 cm³/mol. The molecule has 0 saturated heterocycles. The van der Waals surface area contributed by atoms with Gasteiger partial charge in [-0.3, -0.25) is 19.1 Å². The Labute approximate surface area is 159 Å². The number of aromatic nitrogens is 3. The number of H-pyrrole nitrogens is 1. The molecule has 8 heteroatoms. The molecule has 2 N–H and O–H groups in total. The Balaban J connectivity index is 1.48. The van der Waals surface area contributed by atoms with E-state index in [4.69, 9.17) is 0 Å². The number of fused-ring (bicyclic) bond motifs is 2. The van der Waals surface area contributed by atoms with Gasteiger partial charge in [-0.2, -0.15) is 0 Å². The average Bonchev–Trinajstić information content (AvgIpc) is 2.89. The lowest BCUT2D eigenvalue weighted by Gasteiger charge is -2.09. The number of aromatic amines is 1. The van der Waals surface area contributed by atoms with E-state index in [9.17, 15) is 14.4 Å². The molecule has 4 rings (SSSR count). The molecule has 2 aromatic heterocycles. The van der Waals surface area contributed by atoms with Gasteiger partial charge in [0.2, 0.25) is 5.91 Å². The van der Waals surface area contributed by atoms with Crippen molar-refractivity contribution in [1.29, 1.82) is 0 Å². The maximum atomic E-state index is 12.3. The van der Waals surface area contributed by atoms with Gasteiger partial charge in [-0.05, 0) is 37.8 Å². The summed E-state index contributed by atoms with van der Waals surface area (Å²) >= 11 is 1.55. The molecule has 2 heterocycles. The van der Waals surface area contributed by atoms with E-state index in [1.165, 1.54) is 22.3 Å². The van der Waals surface area contributed by atoms with E-state index in [-0.39, 0.29) is 18.9 Å². The minimum Gasteiger partial charge on any atom is -0.302 e. The Kier molecular flexibility index (Phi) is 4.89. The quantitative estimate of drug-likeness (QED) is 0.675. The van der Waals surface area contributed by atoms with Crippen LogP contribution in [0.2, 0.25) is 0 Å². The number of para-hydroxylation sites is 1. The molecule has 1 amide bonds. The average molecular weight is 384 g/mol. The van der Waals surface area contributed by atoms with Crippen molar-refractivity contribution < 1.29 is 4.79 Å². The second-order valence-corrected chi connectivity index (χ2v) is 7.76. The molecule has 0 radical (unpaired) electrons. The second-order valence-electron chi connectivity index (χ2n) is 6.68. The summed E-state index contributed by atoms with van der Waals surface area (Å²) in [4.78, 5) is 44.5. The van der Waals surface area contributed by atoms with Crippen molar-refractivity contribution in [3.8, 4) is 0 Å². The third-order valence-electron chi connectivity index (χ3n) is 4.81. The molecule has 0 unspecified atom stereocenters. The second kappa shape index (κ2) is 7.48. The van der Waals surface area contributed by atoms with Gasteiger partial charge in [-0.15, -0.1) is 11.3 Å². The van der Waals surface area contributed by atoms with Crippen LogP contribution in [0.4, 0.5) is 5.13 Å². The highest BCUT2D eigenvalue weighted by molar-refractivity contribution is 7.15. The molecule has 1 aliphatic carbocycles. The Morgan fingerprint density at radius 3 is 2.89 bits per heavy atom. The molecule has 0 spiro atoms. The van der Waals surface area contributed by atoms with Crippen molar-refractivity contribution in [2.24, 2.45) is 0 Å². The fourth-order valence-corrected chi connectivity index (χ4v) is 4.51. The monoisotopic (exact) mass is 384 g/mol.